The fraction of sp³-hybridized carbons (Fsp3) is 0.794. The molecule has 0 aromatic heterocycles. The van der Waals surface area contributed by atoms with E-state index in [4.69, 9.17) is 0 Å². The van der Waals surface area contributed by atoms with E-state index in [1.807, 2.05) is 0 Å². The van der Waals surface area contributed by atoms with Crippen molar-refractivity contribution in [3.05, 3.63) is 29.8 Å². The maximum atomic E-state index is 13.3. The van der Waals surface area contributed by atoms with Crippen molar-refractivity contribution in [1.82, 2.24) is 0 Å². The van der Waals surface area contributed by atoms with Crippen LogP contribution in [-0.2, 0) is 4.79 Å². The molecule has 0 aliphatic heterocycles. The van der Waals surface area contributed by atoms with Crippen LogP contribution < -0.4 is 4.46 Å². The summed E-state index contributed by atoms with van der Waals surface area (Å²) in [6, 6.07) is 9.03. The first-order valence-electron chi connectivity index (χ1n) is 15.4. The van der Waals surface area contributed by atoms with Gasteiger partial charge >= 0.3 is 209 Å². The van der Waals surface area contributed by atoms with Gasteiger partial charge in [0, 0.05) is 0 Å². The second-order valence-corrected chi connectivity index (χ2v) is 17.2. The Hall–Kier alpha value is -0.591. The third-order valence-corrected chi connectivity index (χ3v) is 14.6. The molecule has 1 aromatic rings. The van der Waals surface area contributed by atoms with E-state index in [1.165, 1.54) is 74.2 Å². The van der Waals surface area contributed by atoms with Gasteiger partial charge < -0.3 is 0 Å². The van der Waals surface area contributed by atoms with Crippen LogP contribution in [0, 0.1) is 59.2 Å². The molecule has 0 heterocycles. The molecule has 0 radical (unpaired) electrons. The normalized spacial score (nSPS) is 41.0. The first kappa shape index (κ1) is 27.0. The predicted octanol–water partition coefficient (Wildman–Crippen LogP) is 8.41. The van der Waals surface area contributed by atoms with Crippen molar-refractivity contribution in [2.75, 3.05) is 0 Å². The standard InChI is InChI=1S/C34H52OSe/c1-22(2)8-7-9-24(4)28-16-17-29-27-15-12-25-20-31(35)32(36-26-13-10-23(3)11-14-26)21-34(25,6)30(27)18-19-33(28,29)5/h10-11,13-14,22,24-25,27-30,32H,7-9,12,15-21H2,1-6H3/t24?,25-,27?,28+,29?,30?,32+,33+,34-/m0/s1. The molecule has 4 fully saturated rings. The van der Waals surface area contributed by atoms with Gasteiger partial charge in [0.25, 0.3) is 0 Å². The summed E-state index contributed by atoms with van der Waals surface area (Å²) in [7, 11) is 0. The molecule has 5 rings (SSSR count). The molecular weight excluding hydrogens is 503 g/mol. The van der Waals surface area contributed by atoms with E-state index >= 15 is 0 Å². The van der Waals surface area contributed by atoms with Crippen LogP contribution in [-0.4, -0.2) is 20.7 Å². The Morgan fingerprint density at radius 1 is 0.917 bits per heavy atom. The Balaban J connectivity index is 1.30. The summed E-state index contributed by atoms with van der Waals surface area (Å²) in [6.45, 7) is 14.9. The van der Waals surface area contributed by atoms with E-state index in [0.29, 0.717) is 27.3 Å². The number of carbonyl (C=O) groups is 1. The van der Waals surface area contributed by atoms with Gasteiger partial charge in [-0.3, -0.25) is 0 Å². The quantitative estimate of drug-likeness (QED) is 0.309. The van der Waals surface area contributed by atoms with E-state index in [0.717, 1.165) is 41.9 Å². The number of fused-ring (bicyclic) bond motifs is 5. The Labute approximate surface area is 228 Å². The second kappa shape index (κ2) is 10.5. The topological polar surface area (TPSA) is 17.1 Å². The van der Waals surface area contributed by atoms with Gasteiger partial charge in [-0.05, 0) is 5.92 Å². The molecule has 0 bridgehead atoms. The average molecular weight is 556 g/mol. The van der Waals surface area contributed by atoms with Crippen molar-refractivity contribution >= 4 is 25.2 Å². The molecule has 4 aliphatic rings. The minimum atomic E-state index is 0.277. The third-order valence-electron chi connectivity index (χ3n) is 12.0. The van der Waals surface area contributed by atoms with E-state index in [1.54, 1.807) is 0 Å². The molecule has 200 valence electrons. The minimum absolute atomic E-state index is 0.277. The predicted molar refractivity (Wildman–Crippen MR) is 154 cm³/mol. The van der Waals surface area contributed by atoms with Crippen molar-refractivity contribution in [3.63, 3.8) is 0 Å². The van der Waals surface area contributed by atoms with Crippen molar-refractivity contribution in [1.29, 1.82) is 0 Å². The average Bonchev–Trinajstić information content (AvgIpc) is 3.18. The molecule has 4 saturated carbocycles. The first-order chi connectivity index (χ1) is 17.1. The summed E-state index contributed by atoms with van der Waals surface area (Å²) in [5, 5.41) is 0. The maximum absolute atomic E-state index is 13.3. The SMILES string of the molecule is Cc1ccc([Se][C@@H]2C[C@]3(C)C4CC[C@@]5(C)C(CC[C@@H]5C(C)CCCC(C)C)C4CC[C@H]3CC2=O)cc1. The molecule has 4 unspecified atom stereocenters. The molecule has 9 atom stereocenters. The third kappa shape index (κ3) is 4.93. The summed E-state index contributed by atoms with van der Waals surface area (Å²) < 4.78 is 1.42. The number of hydrogen-bond acceptors (Lipinski definition) is 1. The van der Waals surface area contributed by atoms with Crippen LogP contribution >= 0.6 is 0 Å². The van der Waals surface area contributed by atoms with Crippen LogP contribution in [0.2, 0.25) is 4.82 Å². The van der Waals surface area contributed by atoms with Crippen molar-refractivity contribution < 1.29 is 4.79 Å². The summed E-state index contributed by atoms with van der Waals surface area (Å²) in [4.78, 5) is 13.6. The zero-order valence-electron chi connectivity index (χ0n) is 24.0. The van der Waals surface area contributed by atoms with Crippen LogP contribution in [0.1, 0.15) is 111 Å². The Bertz CT molecular complexity index is 920. The van der Waals surface area contributed by atoms with E-state index in [9.17, 15) is 4.79 Å². The molecule has 36 heavy (non-hydrogen) atoms. The van der Waals surface area contributed by atoms with Crippen molar-refractivity contribution in [3.8, 4) is 0 Å². The summed E-state index contributed by atoms with van der Waals surface area (Å²) in [5.41, 5.74) is 2.27. The Kier molecular flexibility index (Phi) is 7.89. The number of benzene rings is 1. The van der Waals surface area contributed by atoms with Crippen molar-refractivity contribution in [2.24, 2.45) is 52.3 Å². The molecule has 0 saturated heterocycles. The zero-order valence-corrected chi connectivity index (χ0v) is 25.7. The molecule has 1 nitrogen and oxygen atoms in total. The molecular formula is C34H52OSe. The number of rotatable bonds is 7. The fourth-order valence-corrected chi connectivity index (χ4v) is 12.7. The van der Waals surface area contributed by atoms with Gasteiger partial charge in [-0.15, -0.1) is 0 Å². The fourth-order valence-electron chi connectivity index (χ4n) is 9.99. The van der Waals surface area contributed by atoms with Gasteiger partial charge in [-0.25, -0.2) is 0 Å². The number of Topliss-reactive ketones (excluding diaryl/α,β-unsaturated/α-hetero) is 1. The second-order valence-electron chi connectivity index (χ2n) is 14.5. The number of ketones is 1. The van der Waals surface area contributed by atoms with E-state index in [-0.39, 0.29) is 15.0 Å². The van der Waals surface area contributed by atoms with Gasteiger partial charge in [-0.2, -0.15) is 0 Å². The van der Waals surface area contributed by atoms with Crippen LogP contribution in [0.3, 0.4) is 0 Å². The van der Waals surface area contributed by atoms with E-state index < -0.39 is 0 Å². The Morgan fingerprint density at radius 3 is 2.36 bits per heavy atom. The van der Waals surface area contributed by atoms with Crippen LogP contribution in [0.5, 0.6) is 0 Å². The number of aryl methyl sites for hydroxylation is 1. The molecule has 4 aliphatic carbocycles. The van der Waals surface area contributed by atoms with Gasteiger partial charge in [-0.1, -0.05) is 13.8 Å². The summed E-state index contributed by atoms with van der Waals surface area (Å²) in [5.74, 6) is 6.61. The molecule has 0 spiro atoms. The van der Waals surface area contributed by atoms with Gasteiger partial charge in [0.2, 0.25) is 0 Å². The van der Waals surface area contributed by atoms with E-state index in [2.05, 4.69) is 65.8 Å². The van der Waals surface area contributed by atoms with Crippen molar-refractivity contribution in [2.45, 2.75) is 117 Å². The summed E-state index contributed by atoms with van der Waals surface area (Å²) >= 11 is 0.277. The molecule has 0 N–H and O–H groups in total. The van der Waals surface area contributed by atoms with Gasteiger partial charge in [0.15, 0.2) is 0 Å². The van der Waals surface area contributed by atoms with Crippen LogP contribution in [0.15, 0.2) is 24.3 Å². The van der Waals surface area contributed by atoms with Crippen LogP contribution in [0.4, 0.5) is 0 Å². The first-order valence-corrected chi connectivity index (χ1v) is 17.2. The zero-order chi connectivity index (χ0) is 25.7. The monoisotopic (exact) mass is 556 g/mol. The van der Waals surface area contributed by atoms with Gasteiger partial charge in [0.1, 0.15) is 0 Å². The summed E-state index contributed by atoms with van der Waals surface area (Å²) in [6.07, 6.45) is 14.8. The molecule has 0 amide bonds. The molecule has 1 aromatic carbocycles. The van der Waals surface area contributed by atoms with Crippen LogP contribution in [0.25, 0.3) is 0 Å². The number of hydrogen-bond donors (Lipinski definition) is 0. The molecule has 2 heteroatoms. The Morgan fingerprint density at radius 2 is 1.64 bits per heavy atom. The number of carbonyl (C=O) groups excluding carboxylic acids is 1. The van der Waals surface area contributed by atoms with Gasteiger partial charge in [0.05, 0.1) is 0 Å².